The summed E-state index contributed by atoms with van der Waals surface area (Å²) in [5.74, 6) is -3.70. The zero-order chi connectivity index (χ0) is 32.2. The van der Waals surface area contributed by atoms with Gasteiger partial charge < -0.3 is 29.9 Å². The van der Waals surface area contributed by atoms with E-state index in [0.29, 0.717) is 31.6 Å². The second kappa shape index (κ2) is 10.6. The van der Waals surface area contributed by atoms with Crippen LogP contribution in [0.2, 0.25) is 0 Å². The highest BCUT2D eigenvalue weighted by molar-refractivity contribution is 6.02. The summed E-state index contributed by atoms with van der Waals surface area (Å²) < 4.78 is 68.7. The van der Waals surface area contributed by atoms with Crippen LogP contribution in [-0.4, -0.2) is 95.9 Å². The second-order valence-corrected chi connectivity index (χ2v) is 14.5. The standard InChI is InChI=1S/C35H36F4N6O2/c1-43-11-19-12-44(15-27(19)43)16-35(6-7-35)17-47-34-41-32-24(33(42-34)45-13-20-3-4-21(14-45)40-20)10-26(37)29(31(32)39)23-9-22(46)8-18-2-5-25(36)30(38)28(18)23/h2,5,8-10,19-21,27,40,46H,3-4,6-7,11-17H2,1H3. The number of aromatic hydroxyl groups is 1. The molecule has 3 aromatic carbocycles. The molecule has 0 spiro atoms. The minimum Gasteiger partial charge on any atom is -0.508 e. The lowest BCUT2D eigenvalue weighted by Crippen LogP contribution is -2.52. The van der Waals surface area contributed by atoms with E-state index >= 15 is 13.2 Å². The van der Waals surface area contributed by atoms with Crippen LogP contribution in [0.3, 0.4) is 0 Å². The Morgan fingerprint density at radius 3 is 2.45 bits per heavy atom. The summed E-state index contributed by atoms with van der Waals surface area (Å²) in [5.41, 5.74) is -1.11. The van der Waals surface area contributed by atoms with Gasteiger partial charge >= 0.3 is 6.01 Å². The monoisotopic (exact) mass is 648 g/mol. The van der Waals surface area contributed by atoms with Gasteiger partial charge in [-0.05, 0) is 62.4 Å². The highest BCUT2D eigenvalue weighted by atomic mass is 19.2. The van der Waals surface area contributed by atoms with E-state index in [1.807, 2.05) is 4.90 Å². The van der Waals surface area contributed by atoms with Crippen molar-refractivity contribution >= 4 is 27.5 Å². The lowest BCUT2D eigenvalue weighted by atomic mass is 9.93. The Morgan fingerprint density at radius 2 is 1.72 bits per heavy atom. The number of nitrogens with one attached hydrogen (secondary N) is 1. The van der Waals surface area contributed by atoms with Crippen molar-refractivity contribution in [1.29, 1.82) is 0 Å². The molecule has 5 aliphatic rings. The highest BCUT2D eigenvalue weighted by Gasteiger charge is 2.50. The van der Waals surface area contributed by atoms with E-state index in [-0.39, 0.29) is 56.5 Å². The first-order valence-corrected chi connectivity index (χ1v) is 16.5. The average Bonchev–Trinajstić information content (AvgIpc) is 3.62. The molecule has 5 fully saturated rings. The summed E-state index contributed by atoms with van der Waals surface area (Å²) in [6, 6.07) is 6.70. The van der Waals surface area contributed by atoms with Crippen molar-refractivity contribution in [2.45, 2.75) is 43.8 Å². The molecule has 8 nitrogen and oxygen atoms in total. The van der Waals surface area contributed by atoms with Gasteiger partial charge in [-0.1, -0.05) is 6.07 Å². The summed E-state index contributed by atoms with van der Waals surface area (Å²) >= 11 is 0. The van der Waals surface area contributed by atoms with Crippen molar-refractivity contribution in [2.24, 2.45) is 11.3 Å². The maximum Gasteiger partial charge on any atom is 0.319 e. The number of halogens is 4. The number of piperazine rings is 1. The average molecular weight is 649 g/mol. The van der Waals surface area contributed by atoms with E-state index in [4.69, 9.17) is 9.72 Å². The molecule has 1 aromatic heterocycles. The number of anilines is 1. The topological polar surface area (TPSA) is 77.0 Å². The fourth-order valence-electron chi connectivity index (χ4n) is 8.59. The van der Waals surface area contributed by atoms with E-state index in [0.717, 1.165) is 76.0 Å². The molecule has 1 aliphatic carbocycles. The molecule has 2 bridgehead atoms. The lowest BCUT2D eigenvalue weighted by molar-refractivity contribution is 0.0824. The second-order valence-electron chi connectivity index (χ2n) is 14.5. The van der Waals surface area contributed by atoms with Gasteiger partial charge in [0.05, 0.1) is 12.2 Å². The fourth-order valence-corrected chi connectivity index (χ4v) is 8.59. The molecule has 4 atom stereocenters. The van der Waals surface area contributed by atoms with E-state index in [9.17, 15) is 9.50 Å². The zero-order valence-electron chi connectivity index (χ0n) is 26.1. The normalized spacial score (nSPS) is 26.6. The molecule has 0 radical (unpaired) electrons. The quantitative estimate of drug-likeness (QED) is 0.270. The number of hydrogen-bond donors (Lipinski definition) is 2. The molecule has 2 N–H and O–H groups in total. The van der Waals surface area contributed by atoms with Gasteiger partial charge in [-0.2, -0.15) is 9.97 Å². The van der Waals surface area contributed by atoms with Gasteiger partial charge in [0, 0.05) is 85.1 Å². The molecule has 9 rings (SSSR count). The van der Waals surface area contributed by atoms with Crippen LogP contribution < -0.4 is 15.0 Å². The van der Waals surface area contributed by atoms with Crippen LogP contribution >= 0.6 is 0 Å². The third kappa shape index (κ3) is 4.90. The van der Waals surface area contributed by atoms with Crippen molar-refractivity contribution < 1.29 is 27.4 Å². The third-order valence-electron chi connectivity index (χ3n) is 11.2. The van der Waals surface area contributed by atoms with Crippen LogP contribution in [0, 0.1) is 34.6 Å². The summed E-state index contributed by atoms with van der Waals surface area (Å²) in [6.45, 7) is 5.82. The summed E-state index contributed by atoms with van der Waals surface area (Å²) in [5, 5.41) is 13.9. The smallest absolute Gasteiger partial charge is 0.319 e. The van der Waals surface area contributed by atoms with Gasteiger partial charge in [0.25, 0.3) is 0 Å². The number of aromatic nitrogens is 2. The Hall–Kier alpha value is -3.74. The number of phenols is 1. The number of fused-ring (bicyclic) bond motifs is 5. The molecule has 0 amide bonds. The molecule has 4 aromatic rings. The highest BCUT2D eigenvalue weighted by Crippen LogP contribution is 2.48. The van der Waals surface area contributed by atoms with Crippen molar-refractivity contribution in [3.63, 3.8) is 0 Å². The molecule has 1 saturated carbocycles. The van der Waals surface area contributed by atoms with E-state index in [1.165, 1.54) is 12.1 Å². The molecule has 5 heterocycles. The molecular weight excluding hydrogens is 612 g/mol. The first kappa shape index (κ1) is 29.4. The lowest BCUT2D eigenvalue weighted by Gasteiger charge is -2.40. The van der Waals surface area contributed by atoms with Crippen LogP contribution in [0.15, 0.2) is 30.3 Å². The van der Waals surface area contributed by atoms with Crippen LogP contribution in [-0.2, 0) is 0 Å². The predicted molar refractivity (Wildman–Crippen MR) is 170 cm³/mol. The number of hydrogen-bond acceptors (Lipinski definition) is 8. The first-order chi connectivity index (χ1) is 22.6. The number of rotatable bonds is 7. The fraction of sp³-hybridized carbons (Fsp3) is 0.486. The minimum absolute atomic E-state index is 0.000305. The van der Waals surface area contributed by atoms with Crippen LogP contribution in [0.25, 0.3) is 32.8 Å². The maximum atomic E-state index is 16.7. The van der Waals surface area contributed by atoms with Gasteiger partial charge in [-0.25, -0.2) is 17.6 Å². The number of likely N-dealkylation sites (tertiary alicyclic amines) is 2. The molecule has 4 saturated heterocycles. The Kier molecular flexibility index (Phi) is 6.65. The Morgan fingerprint density at radius 1 is 0.936 bits per heavy atom. The minimum atomic E-state index is -1.26. The van der Waals surface area contributed by atoms with Crippen molar-refractivity contribution in [3.8, 4) is 22.9 Å². The van der Waals surface area contributed by atoms with Crippen molar-refractivity contribution in [2.75, 3.05) is 57.8 Å². The largest absolute Gasteiger partial charge is 0.508 e. The summed E-state index contributed by atoms with van der Waals surface area (Å²) in [7, 11) is 2.17. The van der Waals surface area contributed by atoms with Gasteiger partial charge in [-0.15, -0.1) is 0 Å². The number of ether oxygens (including phenoxy) is 1. The van der Waals surface area contributed by atoms with Crippen molar-refractivity contribution in [3.05, 3.63) is 53.6 Å². The van der Waals surface area contributed by atoms with Crippen molar-refractivity contribution in [1.82, 2.24) is 25.1 Å². The van der Waals surface area contributed by atoms with Gasteiger partial charge in [0.1, 0.15) is 22.9 Å². The van der Waals surface area contributed by atoms with Crippen LogP contribution in [0.4, 0.5) is 23.4 Å². The molecule has 12 heteroatoms. The molecule has 4 aliphatic heterocycles. The van der Waals surface area contributed by atoms with Gasteiger partial charge in [0.2, 0.25) is 0 Å². The van der Waals surface area contributed by atoms with Crippen LogP contribution in [0.5, 0.6) is 11.8 Å². The SMILES string of the molecule is CN1CC2CN(CC3(COc4nc(N5CC6CCC(C5)N6)c5cc(F)c(-c6cc(O)cc7ccc(F)c(F)c67)c(F)c5n4)CC3)CC21. The Labute approximate surface area is 269 Å². The van der Waals surface area contributed by atoms with Gasteiger partial charge in [0.15, 0.2) is 17.5 Å². The maximum absolute atomic E-state index is 16.7. The van der Waals surface area contributed by atoms with Crippen LogP contribution in [0.1, 0.15) is 25.7 Å². The van der Waals surface area contributed by atoms with Gasteiger partial charge in [-0.3, -0.25) is 0 Å². The number of benzene rings is 3. The first-order valence-electron chi connectivity index (χ1n) is 16.5. The molecule has 246 valence electrons. The number of nitrogens with zero attached hydrogens (tertiary/aromatic N) is 5. The Balaban J connectivity index is 1.12. The summed E-state index contributed by atoms with van der Waals surface area (Å²) in [4.78, 5) is 16.2. The predicted octanol–water partition coefficient (Wildman–Crippen LogP) is 5.06. The number of likely N-dealkylation sites (N-methyl/N-ethyl adjacent to an activating group) is 1. The molecular formula is C35H36F4N6O2. The third-order valence-corrected chi connectivity index (χ3v) is 11.2. The molecule has 4 unspecified atom stereocenters. The Bertz CT molecular complexity index is 1930. The summed E-state index contributed by atoms with van der Waals surface area (Å²) in [6.07, 6.45) is 4.05. The number of phenolic OH excluding ortho intramolecular Hbond substituents is 1. The molecule has 47 heavy (non-hydrogen) atoms. The van der Waals surface area contributed by atoms with E-state index in [1.54, 1.807) is 0 Å². The van der Waals surface area contributed by atoms with E-state index < -0.39 is 28.8 Å². The van der Waals surface area contributed by atoms with E-state index in [2.05, 4.69) is 27.1 Å². The zero-order valence-corrected chi connectivity index (χ0v) is 26.1.